The summed E-state index contributed by atoms with van der Waals surface area (Å²) in [6.07, 6.45) is 6.86. The molecule has 1 aliphatic rings. The quantitative estimate of drug-likeness (QED) is 0.692. The maximum Gasteiger partial charge on any atom is 0.241 e. The molecule has 2 amide bonds. The van der Waals surface area contributed by atoms with Crippen molar-refractivity contribution in [1.82, 2.24) is 9.80 Å². The van der Waals surface area contributed by atoms with Crippen molar-refractivity contribution in [2.24, 2.45) is 5.92 Å². The Morgan fingerprint density at radius 3 is 2.47 bits per heavy atom. The molecule has 0 radical (unpaired) electrons. The second kappa shape index (κ2) is 6.42. The Bertz CT molecular complexity index is 311. The summed E-state index contributed by atoms with van der Waals surface area (Å²) >= 11 is 0. The zero-order valence-corrected chi connectivity index (χ0v) is 11.0. The van der Waals surface area contributed by atoms with Crippen LogP contribution in [0.3, 0.4) is 0 Å². The number of hydrogen-bond donors (Lipinski definition) is 0. The molecule has 1 rings (SSSR count). The van der Waals surface area contributed by atoms with Crippen molar-refractivity contribution in [2.75, 3.05) is 27.2 Å². The number of rotatable bonds is 4. The van der Waals surface area contributed by atoms with Crippen LogP contribution in [0.15, 0.2) is 12.2 Å². The molecule has 96 valence electrons. The predicted molar refractivity (Wildman–Crippen MR) is 67.4 cm³/mol. The Labute approximate surface area is 103 Å². The largest absolute Gasteiger partial charge is 0.347 e. The Morgan fingerprint density at radius 2 is 2.00 bits per heavy atom. The molecule has 0 saturated carbocycles. The van der Waals surface area contributed by atoms with Crippen molar-refractivity contribution in [3.63, 3.8) is 0 Å². The van der Waals surface area contributed by atoms with E-state index in [1.165, 1.54) is 4.90 Å². The Morgan fingerprint density at radius 1 is 1.29 bits per heavy atom. The molecule has 4 heteroatoms. The lowest BCUT2D eigenvalue weighted by atomic mass is 9.93. The van der Waals surface area contributed by atoms with E-state index in [2.05, 4.69) is 12.2 Å². The Kier molecular flexibility index (Phi) is 5.19. The fourth-order valence-electron chi connectivity index (χ4n) is 1.93. The topological polar surface area (TPSA) is 40.6 Å². The summed E-state index contributed by atoms with van der Waals surface area (Å²) in [7, 11) is 3.42. The third-order valence-electron chi connectivity index (χ3n) is 3.14. The third kappa shape index (κ3) is 3.88. The summed E-state index contributed by atoms with van der Waals surface area (Å²) in [5, 5.41) is 0. The van der Waals surface area contributed by atoms with E-state index in [-0.39, 0.29) is 24.3 Å². The van der Waals surface area contributed by atoms with Crippen LogP contribution >= 0.6 is 0 Å². The molecule has 0 spiro atoms. The number of allylic oxidation sites excluding steroid dienone is 2. The molecule has 0 heterocycles. The first-order valence-corrected chi connectivity index (χ1v) is 6.20. The standard InChI is InChI=1S/C13H22N2O2/c1-4-15(10-12(16)14(2)3)13(17)11-8-6-5-7-9-11/h5-6,11H,4,7-10H2,1-3H3/t11-/m0/s1. The van der Waals surface area contributed by atoms with Crippen LogP contribution in [0, 0.1) is 5.92 Å². The van der Waals surface area contributed by atoms with Gasteiger partial charge in [-0.2, -0.15) is 0 Å². The molecule has 0 saturated heterocycles. The molecule has 0 fully saturated rings. The molecule has 1 atom stereocenters. The van der Waals surface area contributed by atoms with Crippen LogP contribution in [0.5, 0.6) is 0 Å². The Hall–Kier alpha value is -1.32. The summed E-state index contributed by atoms with van der Waals surface area (Å²) in [5.74, 6) is 0.161. The van der Waals surface area contributed by atoms with Gasteiger partial charge in [0, 0.05) is 26.6 Å². The molecular weight excluding hydrogens is 216 g/mol. The predicted octanol–water partition coefficient (Wildman–Crippen LogP) is 1.28. The van der Waals surface area contributed by atoms with Gasteiger partial charge >= 0.3 is 0 Å². The van der Waals surface area contributed by atoms with Gasteiger partial charge in [0.1, 0.15) is 0 Å². The van der Waals surface area contributed by atoms with Crippen LogP contribution in [0.1, 0.15) is 26.2 Å². The molecule has 0 aliphatic heterocycles. The van der Waals surface area contributed by atoms with Crippen molar-refractivity contribution in [2.45, 2.75) is 26.2 Å². The van der Waals surface area contributed by atoms with E-state index in [4.69, 9.17) is 0 Å². The normalized spacial score (nSPS) is 18.9. The lowest BCUT2D eigenvalue weighted by molar-refractivity contribution is -0.141. The lowest BCUT2D eigenvalue weighted by Gasteiger charge is -2.27. The fourth-order valence-corrected chi connectivity index (χ4v) is 1.93. The molecule has 4 nitrogen and oxygen atoms in total. The van der Waals surface area contributed by atoms with Crippen molar-refractivity contribution in [3.05, 3.63) is 12.2 Å². The molecule has 0 bridgehead atoms. The van der Waals surface area contributed by atoms with E-state index in [1.807, 2.05) is 6.92 Å². The van der Waals surface area contributed by atoms with Crippen LogP contribution in [-0.4, -0.2) is 48.8 Å². The molecule has 17 heavy (non-hydrogen) atoms. The molecule has 0 unspecified atom stereocenters. The monoisotopic (exact) mass is 238 g/mol. The maximum atomic E-state index is 12.2. The van der Waals surface area contributed by atoms with Gasteiger partial charge in [0.2, 0.25) is 11.8 Å². The first-order valence-electron chi connectivity index (χ1n) is 6.20. The Balaban J connectivity index is 2.57. The molecule has 0 aromatic heterocycles. The highest BCUT2D eigenvalue weighted by molar-refractivity contribution is 5.85. The van der Waals surface area contributed by atoms with Gasteiger partial charge in [0.05, 0.1) is 6.54 Å². The first kappa shape index (κ1) is 13.7. The van der Waals surface area contributed by atoms with Gasteiger partial charge in [-0.1, -0.05) is 12.2 Å². The highest BCUT2D eigenvalue weighted by Gasteiger charge is 2.25. The average Bonchev–Trinajstić information content (AvgIpc) is 2.35. The summed E-state index contributed by atoms with van der Waals surface area (Å²) < 4.78 is 0. The number of carbonyl (C=O) groups is 2. The maximum absolute atomic E-state index is 12.2. The van der Waals surface area contributed by atoms with Crippen molar-refractivity contribution in [1.29, 1.82) is 0 Å². The summed E-state index contributed by atoms with van der Waals surface area (Å²) in [4.78, 5) is 27.0. The zero-order chi connectivity index (χ0) is 12.8. The van der Waals surface area contributed by atoms with E-state index in [1.54, 1.807) is 19.0 Å². The summed E-state index contributed by atoms with van der Waals surface area (Å²) in [5.41, 5.74) is 0. The minimum Gasteiger partial charge on any atom is -0.347 e. The van der Waals surface area contributed by atoms with Crippen LogP contribution in [0.2, 0.25) is 0 Å². The van der Waals surface area contributed by atoms with E-state index in [9.17, 15) is 9.59 Å². The van der Waals surface area contributed by atoms with Gasteiger partial charge in [-0.15, -0.1) is 0 Å². The SMILES string of the molecule is CCN(CC(=O)N(C)C)C(=O)[C@H]1CC=CCC1. The van der Waals surface area contributed by atoms with Gasteiger partial charge in [0.25, 0.3) is 0 Å². The first-order chi connectivity index (χ1) is 8.06. The van der Waals surface area contributed by atoms with E-state index in [0.29, 0.717) is 6.54 Å². The third-order valence-corrected chi connectivity index (χ3v) is 3.14. The molecule has 1 aliphatic carbocycles. The smallest absolute Gasteiger partial charge is 0.241 e. The van der Waals surface area contributed by atoms with Gasteiger partial charge in [-0.05, 0) is 26.2 Å². The number of amides is 2. The van der Waals surface area contributed by atoms with Crippen molar-refractivity contribution < 1.29 is 9.59 Å². The number of carbonyl (C=O) groups excluding carboxylic acids is 2. The van der Waals surface area contributed by atoms with Crippen LogP contribution in [0.4, 0.5) is 0 Å². The van der Waals surface area contributed by atoms with E-state index >= 15 is 0 Å². The molecule has 0 aromatic carbocycles. The number of likely N-dealkylation sites (N-methyl/N-ethyl adjacent to an activating group) is 2. The molecular formula is C13H22N2O2. The van der Waals surface area contributed by atoms with E-state index in [0.717, 1.165) is 19.3 Å². The second-order valence-electron chi connectivity index (χ2n) is 4.62. The van der Waals surface area contributed by atoms with Crippen molar-refractivity contribution in [3.8, 4) is 0 Å². The van der Waals surface area contributed by atoms with Gasteiger partial charge in [-0.25, -0.2) is 0 Å². The van der Waals surface area contributed by atoms with Crippen LogP contribution in [0.25, 0.3) is 0 Å². The zero-order valence-electron chi connectivity index (χ0n) is 11.0. The average molecular weight is 238 g/mol. The highest BCUT2D eigenvalue weighted by atomic mass is 16.2. The van der Waals surface area contributed by atoms with Gasteiger partial charge < -0.3 is 9.80 Å². The summed E-state index contributed by atoms with van der Waals surface area (Å²) in [6.45, 7) is 2.71. The van der Waals surface area contributed by atoms with Crippen LogP contribution < -0.4 is 0 Å². The molecule has 0 N–H and O–H groups in total. The minimum atomic E-state index is -0.0217. The van der Waals surface area contributed by atoms with Gasteiger partial charge in [-0.3, -0.25) is 9.59 Å². The minimum absolute atomic E-state index is 0.0217. The van der Waals surface area contributed by atoms with E-state index < -0.39 is 0 Å². The fraction of sp³-hybridized carbons (Fsp3) is 0.692. The lowest BCUT2D eigenvalue weighted by Crippen LogP contribution is -2.43. The number of nitrogens with zero attached hydrogens (tertiary/aromatic N) is 2. The summed E-state index contributed by atoms with van der Waals surface area (Å²) in [6, 6.07) is 0. The number of hydrogen-bond acceptors (Lipinski definition) is 2. The van der Waals surface area contributed by atoms with Crippen molar-refractivity contribution >= 4 is 11.8 Å². The van der Waals surface area contributed by atoms with Gasteiger partial charge in [0.15, 0.2) is 0 Å². The highest BCUT2D eigenvalue weighted by Crippen LogP contribution is 2.20. The molecule has 0 aromatic rings. The second-order valence-corrected chi connectivity index (χ2v) is 4.62. The van der Waals surface area contributed by atoms with Crippen LogP contribution in [-0.2, 0) is 9.59 Å².